The molecule has 0 amide bonds. The Kier molecular flexibility index (Phi) is 3.80. The lowest BCUT2D eigenvalue weighted by Crippen LogP contribution is -2.06. The summed E-state index contributed by atoms with van der Waals surface area (Å²) in [6, 6.07) is 4.50. The second kappa shape index (κ2) is 5.36. The third kappa shape index (κ3) is 2.58. The van der Waals surface area contributed by atoms with Crippen molar-refractivity contribution in [2.24, 2.45) is 0 Å². The fraction of sp³-hybridized carbons (Fsp3) is 0.154. The molecule has 0 aliphatic carbocycles. The maximum absolute atomic E-state index is 11.4. The van der Waals surface area contributed by atoms with Gasteiger partial charge in [-0.1, -0.05) is 0 Å². The number of ether oxygens (including phenoxy) is 1. The Labute approximate surface area is 117 Å². The van der Waals surface area contributed by atoms with Crippen LogP contribution in [0.5, 0.6) is 11.5 Å². The van der Waals surface area contributed by atoms with Crippen molar-refractivity contribution >= 4 is 21.9 Å². The highest BCUT2D eigenvalue weighted by Crippen LogP contribution is 2.42. The highest BCUT2D eigenvalue weighted by molar-refractivity contribution is 9.10. The van der Waals surface area contributed by atoms with Crippen LogP contribution >= 0.6 is 15.9 Å². The van der Waals surface area contributed by atoms with E-state index in [4.69, 9.17) is 4.42 Å². The summed E-state index contributed by atoms with van der Waals surface area (Å²) in [6.07, 6.45) is 1.35. The number of esters is 1. The number of carbonyl (C=O) groups excluding carboxylic acids is 1. The van der Waals surface area contributed by atoms with Crippen molar-refractivity contribution in [3.8, 4) is 22.8 Å². The summed E-state index contributed by atoms with van der Waals surface area (Å²) in [5, 5.41) is 19.7. The lowest BCUT2D eigenvalue weighted by molar-refractivity contribution is -0.139. The van der Waals surface area contributed by atoms with Gasteiger partial charge in [0.2, 0.25) is 0 Å². The molecule has 19 heavy (non-hydrogen) atoms. The summed E-state index contributed by atoms with van der Waals surface area (Å²) < 4.78 is 10.2. The van der Waals surface area contributed by atoms with Gasteiger partial charge < -0.3 is 19.4 Å². The summed E-state index contributed by atoms with van der Waals surface area (Å²) >= 11 is 3.20. The van der Waals surface area contributed by atoms with Crippen molar-refractivity contribution in [3.05, 3.63) is 34.5 Å². The Morgan fingerprint density at radius 1 is 1.42 bits per heavy atom. The molecule has 1 aromatic heterocycles. The van der Waals surface area contributed by atoms with Crippen LogP contribution in [-0.2, 0) is 16.0 Å². The first-order valence-electron chi connectivity index (χ1n) is 5.38. The molecule has 0 fully saturated rings. The number of carbonyl (C=O) groups is 1. The number of phenols is 2. The molecule has 0 radical (unpaired) electrons. The smallest absolute Gasteiger partial charge is 0.310 e. The fourth-order valence-corrected chi connectivity index (χ4v) is 2.22. The van der Waals surface area contributed by atoms with E-state index >= 15 is 0 Å². The number of halogens is 1. The molecular weight excluding hydrogens is 316 g/mol. The van der Waals surface area contributed by atoms with Crippen LogP contribution in [0.2, 0.25) is 0 Å². The minimum absolute atomic E-state index is 0.102. The van der Waals surface area contributed by atoms with Crippen molar-refractivity contribution in [1.29, 1.82) is 0 Å². The first-order valence-corrected chi connectivity index (χ1v) is 6.18. The van der Waals surface area contributed by atoms with Crippen LogP contribution in [0.3, 0.4) is 0 Å². The monoisotopic (exact) mass is 326 g/mol. The molecule has 0 aliphatic heterocycles. The van der Waals surface area contributed by atoms with Gasteiger partial charge in [0.05, 0.1) is 29.8 Å². The zero-order valence-corrected chi connectivity index (χ0v) is 11.6. The van der Waals surface area contributed by atoms with Gasteiger partial charge in [0.15, 0.2) is 0 Å². The number of benzene rings is 1. The molecule has 0 unspecified atom stereocenters. The minimum Gasteiger partial charge on any atom is -0.507 e. The zero-order valence-electron chi connectivity index (χ0n) is 10.0. The SMILES string of the molecule is COC(=O)Cc1c(Br)c(O)cc(O)c1-c1ccco1. The van der Waals surface area contributed by atoms with Gasteiger partial charge in [-0.25, -0.2) is 0 Å². The van der Waals surface area contributed by atoms with E-state index in [9.17, 15) is 15.0 Å². The first-order chi connectivity index (χ1) is 9.04. The van der Waals surface area contributed by atoms with E-state index in [1.807, 2.05) is 0 Å². The minimum atomic E-state index is -0.487. The molecule has 6 heteroatoms. The summed E-state index contributed by atoms with van der Waals surface area (Å²) in [6.45, 7) is 0. The number of rotatable bonds is 3. The van der Waals surface area contributed by atoms with E-state index in [0.717, 1.165) is 0 Å². The second-order valence-electron chi connectivity index (χ2n) is 3.81. The van der Waals surface area contributed by atoms with Gasteiger partial charge in [-0.15, -0.1) is 0 Å². The van der Waals surface area contributed by atoms with Crippen LogP contribution in [0.4, 0.5) is 0 Å². The molecule has 2 rings (SSSR count). The summed E-state index contributed by atoms with van der Waals surface area (Å²) in [5.41, 5.74) is 0.749. The van der Waals surface area contributed by atoms with E-state index in [1.165, 1.54) is 19.4 Å². The molecule has 0 bridgehead atoms. The van der Waals surface area contributed by atoms with Crippen LogP contribution in [0, 0.1) is 0 Å². The molecule has 0 saturated heterocycles. The molecule has 0 saturated carbocycles. The lowest BCUT2D eigenvalue weighted by Gasteiger charge is -2.12. The second-order valence-corrected chi connectivity index (χ2v) is 4.61. The highest BCUT2D eigenvalue weighted by Gasteiger charge is 2.21. The average molecular weight is 327 g/mol. The van der Waals surface area contributed by atoms with Crippen LogP contribution < -0.4 is 0 Å². The predicted molar refractivity (Wildman–Crippen MR) is 70.9 cm³/mol. The number of aromatic hydroxyl groups is 2. The van der Waals surface area contributed by atoms with Crippen molar-refractivity contribution in [1.82, 2.24) is 0 Å². The molecule has 2 aromatic rings. The molecule has 0 spiro atoms. The third-order valence-electron chi connectivity index (χ3n) is 2.64. The number of hydrogen-bond acceptors (Lipinski definition) is 5. The van der Waals surface area contributed by atoms with Gasteiger partial charge in [0.25, 0.3) is 0 Å². The summed E-state index contributed by atoms with van der Waals surface area (Å²) in [5.74, 6) is -0.420. The molecule has 2 N–H and O–H groups in total. The first kappa shape index (κ1) is 13.5. The van der Waals surface area contributed by atoms with Gasteiger partial charge in [-0.3, -0.25) is 4.79 Å². The zero-order chi connectivity index (χ0) is 14.0. The van der Waals surface area contributed by atoms with E-state index < -0.39 is 5.97 Å². The van der Waals surface area contributed by atoms with Crippen LogP contribution in [-0.4, -0.2) is 23.3 Å². The Hall–Kier alpha value is -1.95. The van der Waals surface area contributed by atoms with Crippen LogP contribution in [0.1, 0.15) is 5.56 Å². The molecule has 1 aromatic carbocycles. The quantitative estimate of drug-likeness (QED) is 0.848. The van der Waals surface area contributed by atoms with Gasteiger partial charge in [-0.2, -0.15) is 0 Å². The molecule has 0 atom stereocenters. The standard InChI is InChI=1S/C13H11BrO5/c1-18-11(17)5-7-12(10-3-2-4-19-10)8(15)6-9(16)13(7)14/h2-4,6,15-16H,5H2,1H3. The molecule has 1 heterocycles. The van der Waals surface area contributed by atoms with Crippen molar-refractivity contribution < 1.29 is 24.2 Å². The molecule has 100 valence electrons. The van der Waals surface area contributed by atoms with Gasteiger partial charge >= 0.3 is 5.97 Å². The number of phenolic OH excluding ortho intramolecular Hbond substituents is 2. The Morgan fingerprint density at radius 2 is 2.16 bits per heavy atom. The third-order valence-corrected chi connectivity index (χ3v) is 3.52. The number of methoxy groups -OCH3 is 1. The topological polar surface area (TPSA) is 79.9 Å². The molecular formula is C13H11BrO5. The van der Waals surface area contributed by atoms with Gasteiger partial charge in [-0.05, 0) is 33.6 Å². The van der Waals surface area contributed by atoms with E-state index in [0.29, 0.717) is 21.4 Å². The average Bonchev–Trinajstić information content (AvgIpc) is 2.89. The van der Waals surface area contributed by atoms with Crippen LogP contribution in [0.25, 0.3) is 11.3 Å². The number of hydrogen-bond donors (Lipinski definition) is 2. The fourth-order valence-electron chi connectivity index (χ4n) is 1.76. The van der Waals surface area contributed by atoms with E-state index in [2.05, 4.69) is 20.7 Å². The van der Waals surface area contributed by atoms with Crippen molar-refractivity contribution in [3.63, 3.8) is 0 Å². The normalized spacial score (nSPS) is 10.4. The van der Waals surface area contributed by atoms with E-state index in [1.54, 1.807) is 12.1 Å². The Balaban J connectivity index is 2.63. The molecule has 0 aliphatic rings. The van der Waals surface area contributed by atoms with Crippen molar-refractivity contribution in [2.75, 3.05) is 7.11 Å². The largest absolute Gasteiger partial charge is 0.507 e. The lowest BCUT2D eigenvalue weighted by atomic mass is 10.0. The summed E-state index contributed by atoms with van der Waals surface area (Å²) in [4.78, 5) is 11.4. The van der Waals surface area contributed by atoms with E-state index in [-0.39, 0.29) is 17.9 Å². The highest BCUT2D eigenvalue weighted by atomic mass is 79.9. The van der Waals surface area contributed by atoms with Gasteiger partial charge in [0.1, 0.15) is 17.3 Å². The summed E-state index contributed by atoms with van der Waals surface area (Å²) in [7, 11) is 1.27. The van der Waals surface area contributed by atoms with Crippen molar-refractivity contribution in [2.45, 2.75) is 6.42 Å². The maximum atomic E-state index is 11.4. The van der Waals surface area contributed by atoms with Crippen LogP contribution in [0.15, 0.2) is 33.4 Å². The maximum Gasteiger partial charge on any atom is 0.310 e. The Morgan fingerprint density at radius 3 is 2.74 bits per heavy atom. The number of furan rings is 1. The predicted octanol–water partition coefficient (Wildman–Crippen LogP) is 2.84. The Bertz CT molecular complexity index is 604. The van der Waals surface area contributed by atoms with Gasteiger partial charge in [0, 0.05) is 6.07 Å². The molecule has 5 nitrogen and oxygen atoms in total.